The predicted octanol–water partition coefficient (Wildman–Crippen LogP) is 1.95. The lowest BCUT2D eigenvalue weighted by atomic mass is 10.2. The Labute approximate surface area is 104 Å². The topological polar surface area (TPSA) is 36.4 Å². The zero-order valence-corrected chi connectivity index (χ0v) is 11.9. The van der Waals surface area contributed by atoms with E-state index >= 15 is 0 Å². The number of guanidine groups is 1. The van der Waals surface area contributed by atoms with Gasteiger partial charge in [-0.3, -0.25) is 4.99 Å². The molecule has 0 aromatic rings. The summed E-state index contributed by atoms with van der Waals surface area (Å²) in [6.07, 6.45) is 3.50. The van der Waals surface area contributed by atoms with Gasteiger partial charge in [0.05, 0.1) is 0 Å². The molecule has 0 saturated heterocycles. The summed E-state index contributed by atoms with van der Waals surface area (Å²) in [5.41, 5.74) is 0. The van der Waals surface area contributed by atoms with E-state index in [2.05, 4.69) is 42.7 Å². The zero-order valence-electron chi connectivity index (χ0n) is 11.1. The second-order valence-corrected chi connectivity index (χ2v) is 6.76. The first-order chi connectivity index (χ1) is 7.48. The van der Waals surface area contributed by atoms with Crippen molar-refractivity contribution in [3.63, 3.8) is 0 Å². The van der Waals surface area contributed by atoms with Crippen LogP contribution in [0, 0.1) is 11.8 Å². The summed E-state index contributed by atoms with van der Waals surface area (Å²) in [5, 5.41) is 6.76. The van der Waals surface area contributed by atoms with Gasteiger partial charge in [0.1, 0.15) is 0 Å². The van der Waals surface area contributed by atoms with Crippen molar-refractivity contribution in [1.29, 1.82) is 0 Å². The van der Waals surface area contributed by atoms with Crippen molar-refractivity contribution < 1.29 is 0 Å². The Morgan fingerprint density at radius 1 is 1.44 bits per heavy atom. The van der Waals surface area contributed by atoms with E-state index in [4.69, 9.17) is 0 Å². The molecule has 2 unspecified atom stereocenters. The summed E-state index contributed by atoms with van der Waals surface area (Å²) in [4.78, 5) is 4.24. The predicted molar refractivity (Wildman–Crippen MR) is 74.2 cm³/mol. The van der Waals surface area contributed by atoms with Crippen molar-refractivity contribution in [2.45, 2.75) is 31.9 Å². The zero-order chi connectivity index (χ0) is 12.2. The fraction of sp³-hybridized carbons (Fsp3) is 0.917. The van der Waals surface area contributed by atoms with Gasteiger partial charge >= 0.3 is 0 Å². The van der Waals surface area contributed by atoms with Crippen LogP contribution in [0.5, 0.6) is 0 Å². The number of rotatable bonds is 5. The fourth-order valence-corrected chi connectivity index (χ4v) is 1.72. The van der Waals surface area contributed by atoms with Crippen LogP contribution >= 0.6 is 11.8 Å². The van der Waals surface area contributed by atoms with E-state index in [1.165, 1.54) is 6.42 Å². The SMILES string of the molecule is CN=C(NCC1CC1C)NCC(C)(C)SC. The monoisotopic (exact) mass is 243 g/mol. The molecule has 0 radical (unpaired) electrons. The number of nitrogens with one attached hydrogen (secondary N) is 2. The van der Waals surface area contributed by atoms with Crippen LogP contribution in [0.15, 0.2) is 4.99 Å². The first-order valence-corrected chi connectivity index (χ1v) is 7.20. The maximum Gasteiger partial charge on any atom is 0.191 e. The largest absolute Gasteiger partial charge is 0.356 e. The lowest BCUT2D eigenvalue weighted by molar-refractivity contribution is 0.649. The second kappa shape index (κ2) is 5.80. The van der Waals surface area contributed by atoms with Crippen LogP contribution in [0.2, 0.25) is 0 Å². The van der Waals surface area contributed by atoms with Gasteiger partial charge in [0, 0.05) is 24.9 Å². The first kappa shape index (κ1) is 13.7. The van der Waals surface area contributed by atoms with Gasteiger partial charge in [0.15, 0.2) is 5.96 Å². The third kappa shape index (κ3) is 4.64. The van der Waals surface area contributed by atoms with Crippen molar-refractivity contribution in [2.75, 3.05) is 26.4 Å². The van der Waals surface area contributed by atoms with E-state index < -0.39 is 0 Å². The van der Waals surface area contributed by atoms with Gasteiger partial charge in [-0.2, -0.15) is 11.8 Å². The quantitative estimate of drug-likeness (QED) is 0.572. The van der Waals surface area contributed by atoms with Gasteiger partial charge in [0.2, 0.25) is 0 Å². The molecular formula is C12H25N3S. The molecule has 0 amide bonds. The summed E-state index contributed by atoms with van der Waals surface area (Å²) < 4.78 is 0.254. The van der Waals surface area contributed by atoms with Crippen LogP contribution in [0.4, 0.5) is 0 Å². The van der Waals surface area contributed by atoms with Gasteiger partial charge in [-0.15, -0.1) is 0 Å². The molecule has 1 saturated carbocycles. The molecule has 0 aromatic heterocycles. The second-order valence-electron chi connectivity index (χ2n) is 5.24. The number of thioether (sulfide) groups is 1. The van der Waals surface area contributed by atoms with Crippen molar-refractivity contribution in [1.82, 2.24) is 10.6 Å². The van der Waals surface area contributed by atoms with E-state index in [1.54, 1.807) is 0 Å². The van der Waals surface area contributed by atoms with Gasteiger partial charge < -0.3 is 10.6 Å². The van der Waals surface area contributed by atoms with Gasteiger partial charge in [-0.05, 0) is 38.4 Å². The highest BCUT2D eigenvalue weighted by Crippen LogP contribution is 2.36. The molecule has 2 N–H and O–H groups in total. The van der Waals surface area contributed by atoms with E-state index in [0.29, 0.717) is 0 Å². The standard InChI is InChI=1S/C12H25N3S/c1-9-6-10(9)7-14-11(13-4)15-8-12(2,3)16-5/h9-10H,6-8H2,1-5H3,(H2,13,14,15). The summed E-state index contributed by atoms with van der Waals surface area (Å²) in [5.74, 6) is 2.68. The number of hydrogen-bond acceptors (Lipinski definition) is 2. The highest BCUT2D eigenvalue weighted by molar-refractivity contribution is 7.99. The molecule has 0 bridgehead atoms. The molecule has 3 nitrogen and oxygen atoms in total. The number of aliphatic imine (C=N–C) groups is 1. The summed E-state index contributed by atoms with van der Waals surface area (Å²) in [6.45, 7) is 8.77. The maximum absolute atomic E-state index is 4.24. The smallest absolute Gasteiger partial charge is 0.191 e. The Morgan fingerprint density at radius 3 is 2.50 bits per heavy atom. The van der Waals surface area contributed by atoms with Crippen LogP contribution in [0.25, 0.3) is 0 Å². The van der Waals surface area contributed by atoms with Gasteiger partial charge in [0.25, 0.3) is 0 Å². The normalized spacial score (nSPS) is 25.4. The Hall–Kier alpha value is -0.380. The molecule has 0 aromatic carbocycles. The molecule has 1 rings (SSSR count). The molecular weight excluding hydrogens is 218 g/mol. The molecule has 0 spiro atoms. The van der Waals surface area contributed by atoms with Crippen molar-refractivity contribution in [2.24, 2.45) is 16.8 Å². The molecule has 1 aliphatic rings. The lowest BCUT2D eigenvalue weighted by Gasteiger charge is -2.23. The van der Waals surface area contributed by atoms with Crippen molar-refractivity contribution in [3.05, 3.63) is 0 Å². The molecule has 16 heavy (non-hydrogen) atoms. The maximum atomic E-state index is 4.24. The number of nitrogens with zero attached hydrogens (tertiary/aromatic N) is 1. The van der Waals surface area contributed by atoms with Crippen LogP contribution in [0.1, 0.15) is 27.2 Å². The van der Waals surface area contributed by atoms with Crippen LogP contribution in [-0.4, -0.2) is 37.1 Å². The molecule has 1 fully saturated rings. The highest BCUT2D eigenvalue weighted by atomic mass is 32.2. The van der Waals surface area contributed by atoms with E-state index in [-0.39, 0.29) is 4.75 Å². The molecule has 0 heterocycles. The minimum Gasteiger partial charge on any atom is -0.356 e. The van der Waals surface area contributed by atoms with Gasteiger partial charge in [-0.25, -0.2) is 0 Å². The van der Waals surface area contributed by atoms with Crippen LogP contribution in [0.3, 0.4) is 0 Å². The summed E-state index contributed by atoms with van der Waals surface area (Å²) in [6, 6.07) is 0. The minimum absolute atomic E-state index is 0.254. The third-order valence-electron chi connectivity index (χ3n) is 3.27. The Morgan fingerprint density at radius 2 is 2.06 bits per heavy atom. The van der Waals surface area contributed by atoms with E-state index in [1.807, 2.05) is 18.8 Å². The Balaban J connectivity index is 2.22. The highest BCUT2D eigenvalue weighted by Gasteiger charge is 2.32. The lowest BCUT2D eigenvalue weighted by Crippen LogP contribution is -2.43. The van der Waals surface area contributed by atoms with Crippen molar-refractivity contribution in [3.8, 4) is 0 Å². The van der Waals surface area contributed by atoms with E-state index in [9.17, 15) is 0 Å². The van der Waals surface area contributed by atoms with Crippen LogP contribution < -0.4 is 10.6 Å². The molecule has 94 valence electrons. The summed E-state index contributed by atoms with van der Waals surface area (Å²) in [7, 11) is 1.83. The average Bonchev–Trinajstić information content (AvgIpc) is 2.95. The minimum atomic E-state index is 0.254. The third-order valence-corrected chi connectivity index (χ3v) is 4.52. The van der Waals surface area contributed by atoms with E-state index in [0.717, 1.165) is 30.9 Å². The molecule has 4 heteroatoms. The molecule has 0 aliphatic heterocycles. The van der Waals surface area contributed by atoms with Crippen molar-refractivity contribution >= 4 is 17.7 Å². The Bertz CT molecular complexity index is 251. The Kier molecular flexibility index (Phi) is 4.96. The average molecular weight is 243 g/mol. The number of hydrogen-bond donors (Lipinski definition) is 2. The first-order valence-electron chi connectivity index (χ1n) is 5.98. The molecule has 2 atom stereocenters. The molecule has 1 aliphatic carbocycles. The fourth-order valence-electron chi connectivity index (χ4n) is 1.50. The summed E-state index contributed by atoms with van der Waals surface area (Å²) >= 11 is 1.87. The van der Waals surface area contributed by atoms with Gasteiger partial charge in [-0.1, -0.05) is 6.92 Å². The van der Waals surface area contributed by atoms with Crippen LogP contribution in [-0.2, 0) is 0 Å².